The molecule has 0 saturated heterocycles. The quantitative estimate of drug-likeness (QED) is 0.545. The molecule has 62 valence electrons. The van der Waals surface area contributed by atoms with E-state index in [2.05, 4.69) is 14.7 Å². The first-order chi connectivity index (χ1) is 4.97. The molecule has 6 nitrogen and oxygen atoms in total. The van der Waals surface area contributed by atoms with Crippen LogP contribution < -0.4 is 10.4 Å². The molecule has 7 heteroatoms. The van der Waals surface area contributed by atoms with Gasteiger partial charge in [0.25, 0.3) is 0 Å². The third-order valence-electron chi connectivity index (χ3n) is 0.891. The standard InChI is InChI=1S/C4H7N3O3S/c1-11(9,10)7-3-2-5-4(8)6-3/h2,7H,1H3,(H2,5,6,8). The molecule has 0 unspecified atom stereocenters. The molecule has 11 heavy (non-hydrogen) atoms. The largest absolute Gasteiger partial charge is 0.324 e. The van der Waals surface area contributed by atoms with Crippen LogP contribution in [0, 0.1) is 0 Å². The van der Waals surface area contributed by atoms with Gasteiger partial charge in [-0.25, -0.2) is 13.2 Å². The molecule has 0 spiro atoms. The minimum Gasteiger partial charge on any atom is -0.311 e. The number of imidazole rings is 1. The molecule has 0 bridgehead atoms. The molecule has 1 heterocycles. The van der Waals surface area contributed by atoms with Gasteiger partial charge < -0.3 is 4.98 Å². The first-order valence-electron chi connectivity index (χ1n) is 2.73. The van der Waals surface area contributed by atoms with Crippen molar-refractivity contribution in [2.75, 3.05) is 11.0 Å². The van der Waals surface area contributed by atoms with Crippen LogP contribution >= 0.6 is 0 Å². The molecule has 0 saturated carbocycles. The lowest BCUT2D eigenvalue weighted by molar-refractivity contribution is 0.606. The number of nitrogens with one attached hydrogen (secondary N) is 3. The monoisotopic (exact) mass is 177 g/mol. The fourth-order valence-corrected chi connectivity index (χ4v) is 1.10. The average Bonchev–Trinajstić information content (AvgIpc) is 2.10. The Kier molecular flexibility index (Phi) is 1.73. The van der Waals surface area contributed by atoms with Gasteiger partial charge in [-0.1, -0.05) is 0 Å². The summed E-state index contributed by atoms with van der Waals surface area (Å²) in [6.07, 6.45) is 2.24. The molecule has 0 aliphatic rings. The van der Waals surface area contributed by atoms with Crippen molar-refractivity contribution in [3.63, 3.8) is 0 Å². The van der Waals surface area contributed by atoms with Crippen LogP contribution in [-0.2, 0) is 10.0 Å². The summed E-state index contributed by atoms with van der Waals surface area (Å²) in [5.74, 6) is 0.137. The van der Waals surface area contributed by atoms with E-state index >= 15 is 0 Å². The van der Waals surface area contributed by atoms with Crippen LogP contribution in [0.25, 0.3) is 0 Å². The van der Waals surface area contributed by atoms with Crippen LogP contribution in [0.4, 0.5) is 5.82 Å². The predicted octanol–water partition coefficient (Wildman–Crippen LogP) is -0.925. The molecule has 0 aliphatic carbocycles. The van der Waals surface area contributed by atoms with Gasteiger partial charge >= 0.3 is 5.69 Å². The third-order valence-corrected chi connectivity index (χ3v) is 1.48. The Morgan fingerprint density at radius 3 is 2.55 bits per heavy atom. The minimum absolute atomic E-state index is 0.137. The number of sulfonamides is 1. The molecule has 1 aromatic heterocycles. The summed E-state index contributed by atoms with van der Waals surface area (Å²) >= 11 is 0. The first kappa shape index (κ1) is 7.86. The highest BCUT2D eigenvalue weighted by molar-refractivity contribution is 7.92. The summed E-state index contributed by atoms with van der Waals surface area (Å²) < 4.78 is 23.2. The van der Waals surface area contributed by atoms with Crippen molar-refractivity contribution >= 4 is 15.8 Å². The summed E-state index contributed by atoms with van der Waals surface area (Å²) in [7, 11) is -3.30. The number of hydrogen-bond donors (Lipinski definition) is 3. The topological polar surface area (TPSA) is 94.8 Å². The number of rotatable bonds is 2. The molecule has 0 fully saturated rings. The Morgan fingerprint density at radius 1 is 1.55 bits per heavy atom. The molecule has 0 amide bonds. The maximum atomic E-state index is 10.6. The van der Waals surface area contributed by atoms with Crippen molar-refractivity contribution in [3.8, 4) is 0 Å². The molecular formula is C4H7N3O3S. The van der Waals surface area contributed by atoms with Crippen molar-refractivity contribution < 1.29 is 8.42 Å². The molecule has 0 aromatic carbocycles. The van der Waals surface area contributed by atoms with E-state index in [0.29, 0.717) is 0 Å². The fraction of sp³-hybridized carbons (Fsp3) is 0.250. The van der Waals surface area contributed by atoms with Gasteiger partial charge in [-0.05, 0) is 0 Å². The Hall–Kier alpha value is -1.24. The van der Waals surface area contributed by atoms with Crippen LogP contribution in [0.2, 0.25) is 0 Å². The minimum atomic E-state index is -3.30. The lowest BCUT2D eigenvalue weighted by atomic mass is 10.8. The second-order valence-electron chi connectivity index (χ2n) is 2.03. The van der Waals surface area contributed by atoms with Gasteiger partial charge in [0.15, 0.2) is 0 Å². The average molecular weight is 177 g/mol. The van der Waals surface area contributed by atoms with Gasteiger partial charge in [0.2, 0.25) is 10.0 Å². The van der Waals surface area contributed by atoms with Gasteiger partial charge in [0, 0.05) is 6.20 Å². The van der Waals surface area contributed by atoms with Crippen molar-refractivity contribution in [2.45, 2.75) is 0 Å². The molecule has 3 N–H and O–H groups in total. The van der Waals surface area contributed by atoms with E-state index in [9.17, 15) is 13.2 Å². The van der Waals surface area contributed by atoms with E-state index in [4.69, 9.17) is 0 Å². The van der Waals surface area contributed by atoms with Crippen LogP contribution in [0.1, 0.15) is 0 Å². The number of hydrogen-bond acceptors (Lipinski definition) is 3. The van der Waals surface area contributed by atoms with Crippen molar-refractivity contribution in [1.29, 1.82) is 0 Å². The molecule has 0 aliphatic heterocycles. The highest BCUT2D eigenvalue weighted by Gasteiger charge is 2.01. The van der Waals surface area contributed by atoms with Gasteiger partial charge in [0.05, 0.1) is 6.26 Å². The van der Waals surface area contributed by atoms with Crippen LogP contribution in [0.5, 0.6) is 0 Å². The predicted molar refractivity (Wildman–Crippen MR) is 39.9 cm³/mol. The number of aromatic amines is 2. The Morgan fingerprint density at radius 2 is 2.18 bits per heavy atom. The van der Waals surface area contributed by atoms with E-state index in [1.54, 1.807) is 0 Å². The summed E-state index contributed by atoms with van der Waals surface area (Å²) in [4.78, 5) is 14.9. The van der Waals surface area contributed by atoms with E-state index in [-0.39, 0.29) is 5.82 Å². The normalized spacial score (nSPS) is 11.4. The number of anilines is 1. The second kappa shape index (κ2) is 2.42. The highest BCUT2D eigenvalue weighted by Crippen LogP contribution is 1.96. The highest BCUT2D eigenvalue weighted by atomic mass is 32.2. The van der Waals surface area contributed by atoms with Gasteiger partial charge in [-0.2, -0.15) is 0 Å². The number of aromatic nitrogens is 2. The maximum absolute atomic E-state index is 10.6. The number of H-pyrrole nitrogens is 2. The first-order valence-corrected chi connectivity index (χ1v) is 4.62. The van der Waals surface area contributed by atoms with Gasteiger partial charge in [-0.15, -0.1) is 0 Å². The van der Waals surface area contributed by atoms with Crippen LogP contribution in [0.3, 0.4) is 0 Å². The Balaban J connectivity index is 2.90. The van der Waals surface area contributed by atoms with Gasteiger partial charge in [-0.3, -0.25) is 9.71 Å². The molecule has 1 rings (SSSR count). The van der Waals surface area contributed by atoms with Crippen molar-refractivity contribution in [2.24, 2.45) is 0 Å². The van der Waals surface area contributed by atoms with Gasteiger partial charge in [0.1, 0.15) is 5.82 Å². The van der Waals surface area contributed by atoms with Crippen molar-refractivity contribution in [1.82, 2.24) is 9.97 Å². The van der Waals surface area contributed by atoms with Crippen molar-refractivity contribution in [3.05, 3.63) is 16.7 Å². The molecule has 0 atom stereocenters. The summed E-state index contributed by atoms with van der Waals surface area (Å²) in [5.41, 5.74) is -0.448. The van der Waals surface area contributed by atoms with E-state index in [0.717, 1.165) is 6.26 Å². The zero-order chi connectivity index (χ0) is 8.48. The summed E-state index contributed by atoms with van der Waals surface area (Å²) in [5, 5.41) is 0. The zero-order valence-electron chi connectivity index (χ0n) is 5.71. The second-order valence-corrected chi connectivity index (χ2v) is 3.78. The smallest absolute Gasteiger partial charge is 0.311 e. The Labute approximate surface area is 62.7 Å². The molecule has 0 radical (unpaired) electrons. The maximum Gasteiger partial charge on any atom is 0.324 e. The lowest BCUT2D eigenvalue weighted by Gasteiger charge is -1.96. The van der Waals surface area contributed by atoms with E-state index in [1.807, 2.05) is 0 Å². The summed E-state index contributed by atoms with van der Waals surface area (Å²) in [6, 6.07) is 0. The van der Waals surface area contributed by atoms with E-state index < -0.39 is 15.7 Å². The lowest BCUT2D eigenvalue weighted by Crippen LogP contribution is -2.11. The third kappa shape index (κ3) is 2.46. The Bertz CT molecular complexity index is 387. The SMILES string of the molecule is CS(=O)(=O)Nc1c[nH]c(=O)[nH]1. The summed E-state index contributed by atoms with van der Waals surface area (Å²) in [6.45, 7) is 0. The zero-order valence-corrected chi connectivity index (χ0v) is 6.53. The van der Waals surface area contributed by atoms with E-state index in [1.165, 1.54) is 6.20 Å². The van der Waals surface area contributed by atoms with Crippen LogP contribution in [0.15, 0.2) is 11.0 Å². The molecule has 1 aromatic rings. The fourth-order valence-electron chi connectivity index (χ4n) is 0.587. The molecular weight excluding hydrogens is 170 g/mol. The van der Waals surface area contributed by atoms with Crippen LogP contribution in [-0.4, -0.2) is 24.6 Å².